The number of carbonyl (C=O) groups is 1. The first-order valence-corrected chi connectivity index (χ1v) is 11.8. The second kappa shape index (κ2) is 9.72. The standard InChI is InChI=1S/C22H20BrClN2O4S/c1-15-12-17(9-10-19(15)23)25-22(27)14-26(20-13-16(24)8-11-21(20)30-2)31(28,29)18-6-4-3-5-7-18/h3-13H,14H2,1-2H3,(H,25,27). The van der Waals surface area contributed by atoms with Gasteiger partial charge < -0.3 is 10.1 Å². The summed E-state index contributed by atoms with van der Waals surface area (Å²) < 4.78 is 34.1. The number of hydrogen-bond acceptors (Lipinski definition) is 4. The predicted molar refractivity (Wildman–Crippen MR) is 126 cm³/mol. The molecule has 0 unspecified atom stereocenters. The van der Waals surface area contributed by atoms with Crippen LogP contribution in [0.25, 0.3) is 0 Å². The van der Waals surface area contributed by atoms with Crippen LogP contribution >= 0.6 is 27.5 Å². The molecule has 0 saturated carbocycles. The monoisotopic (exact) mass is 522 g/mol. The number of aryl methyl sites for hydroxylation is 1. The van der Waals surface area contributed by atoms with Crippen LogP contribution in [-0.2, 0) is 14.8 Å². The van der Waals surface area contributed by atoms with Gasteiger partial charge in [0.25, 0.3) is 10.0 Å². The van der Waals surface area contributed by atoms with E-state index >= 15 is 0 Å². The molecule has 3 aromatic rings. The van der Waals surface area contributed by atoms with Crippen molar-refractivity contribution >= 4 is 54.8 Å². The maximum atomic E-state index is 13.4. The van der Waals surface area contributed by atoms with Crippen molar-refractivity contribution in [2.75, 3.05) is 23.3 Å². The molecule has 0 heterocycles. The Hall–Kier alpha value is -2.55. The average molecular weight is 524 g/mol. The fraction of sp³-hybridized carbons (Fsp3) is 0.136. The van der Waals surface area contributed by atoms with Crippen molar-refractivity contribution in [3.05, 3.63) is 81.8 Å². The highest BCUT2D eigenvalue weighted by Crippen LogP contribution is 2.34. The van der Waals surface area contributed by atoms with Crippen LogP contribution < -0.4 is 14.4 Å². The molecule has 6 nitrogen and oxygen atoms in total. The number of sulfonamides is 1. The van der Waals surface area contributed by atoms with Gasteiger partial charge in [-0.2, -0.15) is 0 Å². The van der Waals surface area contributed by atoms with Crippen LogP contribution in [-0.4, -0.2) is 28.0 Å². The zero-order valence-electron chi connectivity index (χ0n) is 16.8. The minimum atomic E-state index is -4.08. The first-order valence-electron chi connectivity index (χ1n) is 9.19. The van der Waals surface area contributed by atoms with E-state index in [4.69, 9.17) is 16.3 Å². The largest absolute Gasteiger partial charge is 0.495 e. The van der Waals surface area contributed by atoms with E-state index in [0.29, 0.717) is 10.7 Å². The molecule has 9 heteroatoms. The van der Waals surface area contributed by atoms with Gasteiger partial charge in [-0.05, 0) is 61.0 Å². The van der Waals surface area contributed by atoms with Gasteiger partial charge >= 0.3 is 0 Å². The van der Waals surface area contributed by atoms with Crippen LogP contribution in [0.15, 0.2) is 76.1 Å². The summed E-state index contributed by atoms with van der Waals surface area (Å²) in [6.07, 6.45) is 0. The molecule has 162 valence electrons. The van der Waals surface area contributed by atoms with Gasteiger partial charge in [-0.3, -0.25) is 9.10 Å². The van der Waals surface area contributed by atoms with E-state index in [1.807, 2.05) is 13.0 Å². The lowest BCUT2D eigenvalue weighted by Crippen LogP contribution is -2.38. The van der Waals surface area contributed by atoms with Gasteiger partial charge in [0, 0.05) is 15.2 Å². The number of nitrogens with one attached hydrogen (secondary N) is 1. The fourth-order valence-corrected chi connectivity index (χ4v) is 4.79. The quantitative estimate of drug-likeness (QED) is 0.459. The molecule has 0 aliphatic heterocycles. The molecule has 1 N–H and O–H groups in total. The fourth-order valence-electron chi connectivity index (χ4n) is 2.93. The smallest absolute Gasteiger partial charge is 0.264 e. The van der Waals surface area contributed by atoms with Gasteiger partial charge in [0.15, 0.2) is 0 Å². The van der Waals surface area contributed by atoms with Crippen LogP contribution in [0.2, 0.25) is 5.02 Å². The second-order valence-corrected chi connectivity index (χ2v) is 9.81. The van der Waals surface area contributed by atoms with E-state index < -0.39 is 22.5 Å². The topological polar surface area (TPSA) is 75.7 Å². The Labute approximate surface area is 195 Å². The van der Waals surface area contributed by atoms with E-state index in [9.17, 15) is 13.2 Å². The molecule has 0 bridgehead atoms. The third kappa shape index (κ3) is 5.39. The number of methoxy groups -OCH3 is 1. The number of halogens is 2. The minimum Gasteiger partial charge on any atom is -0.495 e. The number of hydrogen-bond donors (Lipinski definition) is 1. The van der Waals surface area contributed by atoms with E-state index in [1.54, 1.807) is 42.5 Å². The lowest BCUT2D eigenvalue weighted by atomic mass is 10.2. The van der Waals surface area contributed by atoms with Crippen LogP contribution in [0.5, 0.6) is 5.75 Å². The molecule has 31 heavy (non-hydrogen) atoms. The van der Waals surface area contributed by atoms with Crippen LogP contribution in [0.1, 0.15) is 5.56 Å². The van der Waals surface area contributed by atoms with E-state index in [2.05, 4.69) is 21.2 Å². The summed E-state index contributed by atoms with van der Waals surface area (Å²) in [7, 11) is -2.66. The Balaban J connectivity index is 2.01. The lowest BCUT2D eigenvalue weighted by Gasteiger charge is -2.26. The van der Waals surface area contributed by atoms with Crippen LogP contribution in [0.4, 0.5) is 11.4 Å². The van der Waals surface area contributed by atoms with Crippen molar-refractivity contribution in [1.82, 2.24) is 0 Å². The van der Waals surface area contributed by atoms with Gasteiger partial charge in [-0.25, -0.2) is 8.42 Å². The van der Waals surface area contributed by atoms with Crippen molar-refractivity contribution in [2.24, 2.45) is 0 Å². The Morgan fingerprint density at radius 3 is 2.45 bits per heavy atom. The SMILES string of the molecule is COc1ccc(Cl)cc1N(CC(=O)Nc1ccc(Br)c(C)c1)S(=O)(=O)c1ccccc1. The molecule has 3 rings (SSSR count). The number of anilines is 2. The Kier molecular flexibility index (Phi) is 7.25. The molecule has 1 amide bonds. The zero-order chi connectivity index (χ0) is 22.6. The summed E-state index contributed by atoms with van der Waals surface area (Å²) in [5, 5.41) is 3.06. The summed E-state index contributed by atoms with van der Waals surface area (Å²) in [5.74, 6) is -0.237. The van der Waals surface area contributed by atoms with E-state index in [1.165, 1.54) is 25.3 Å². The summed E-state index contributed by atoms with van der Waals surface area (Å²) in [6.45, 7) is 1.42. The third-order valence-corrected chi connectivity index (χ3v) is 7.37. The molecule has 0 fully saturated rings. The number of ether oxygens (including phenoxy) is 1. The van der Waals surface area contributed by atoms with Crippen molar-refractivity contribution in [3.63, 3.8) is 0 Å². The van der Waals surface area contributed by atoms with Gasteiger partial charge in [0.1, 0.15) is 12.3 Å². The highest BCUT2D eigenvalue weighted by atomic mass is 79.9. The summed E-state index contributed by atoms with van der Waals surface area (Å²) in [5.41, 5.74) is 1.66. The van der Waals surface area contributed by atoms with Gasteiger partial charge in [0.05, 0.1) is 17.7 Å². The maximum Gasteiger partial charge on any atom is 0.264 e. The third-order valence-electron chi connectivity index (χ3n) is 4.47. The highest BCUT2D eigenvalue weighted by Gasteiger charge is 2.29. The van der Waals surface area contributed by atoms with Crippen LogP contribution in [0.3, 0.4) is 0 Å². The maximum absolute atomic E-state index is 13.4. The predicted octanol–water partition coefficient (Wildman–Crippen LogP) is 5.25. The van der Waals surface area contributed by atoms with Crippen LogP contribution in [0, 0.1) is 6.92 Å². The number of rotatable bonds is 7. The lowest BCUT2D eigenvalue weighted by molar-refractivity contribution is -0.114. The second-order valence-electron chi connectivity index (χ2n) is 6.65. The molecular weight excluding hydrogens is 504 g/mol. The molecule has 0 aliphatic rings. The Morgan fingerprint density at radius 2 is 1.81 bits per heavy atom. The van der Waals surface area contributed by atoms with Gasteiger partial charge in [0.2, 0.25) is 5.91 Å². The van der Waals surface area contributed by atoms with Gasteiger partial charge in [-0.1, -0.05) is 45.7 Å². The molecule has 0 atom stereocenters. The Bertz CT molecular complexity index is 1200. The molecule has 0 saturated heterocycles. The summed E-state index contributed by atoms with van der Waals surface area (Å²) in [6, 6.07) is 17.8. The molecule has 0 radical (unpaired) electrons. The number of carbonyl (C=O) groups excluding carboxylic acids is 1. The van der Waals surface area contributed by atoms with E-state index in [-0.39, 0.29) is 16.3 Å². The molecule has 0 aliphatic carbocycles. The number of nitrogens with zero attached hydrogens (tertiary/aromatic N) is 1. The number of amides is 1. The summed E-state index contributed by atoms with van der Waals surface area (Å²) >= 11 is 9.54. The minimum absolute atomic E-state index is 0.0457. The van der Waals surface area contributed by atoms with Crippen molar-refractivity contribution in [2.45, 2.75) is 11.8 Å². The summed E-state index contributed by atoms with van der Waals surface area (Å²) in [4.78, 5) is 12.9. The molecule has 0 aromatic heterocycles. The molecule has 3 aromatic carbocycles. The van der Waals surface area contributed by atoms with Crippen molar-refractivity contribution < 1.29 is 17.9 Å². The average Bonchev–Trinajstić information content (AvgIpc) is 2.75. The molecular formula is C22H20BrClN2O4S. The number of benzene rings is 3. The van der Waals surface area contributed by atoms with Crippen molar-refractivity contribution in [3.8, 4) is 5.75 Å². The van der Waals surface area contributed by atoms with E-state index in [0.717, 1.165) is 14.3 Å². The van der Waals surface area contributed by atoms with Gasteiger partial charge in [-0.15, -0.1) is 0 Å². The van der Waals surface area contributed by atoms with Crippen molar-refractivity contribution in [1.29, 1.82) is 0 Å². The first kappa shape index (κ1) is 23.1. The Morgan fingerprint density at radius 1 is 1.10 bits per heavy atom. The molecule has 0 spiro atoms. The first-order chi connectivity index (χ1) is 14.7. The highest BCUT2D eigenvalue weighted by molar-refractivity contribution is 9.10. The normalized spacial score (nSPS) is 11.1. The zero-order valence-corrected chi connectivity index (χ0v) is 20.0.